The molecule has 2 heterocycles. The summed E-state index contributed by atoms with van der Waals surface area (Å²) in [5, 5.41) is 0. The fraction of sp³-hybridized carbons (Fsp3) is 0.296. The first kappa shape index (κ1) is 28.1. The Kier molecular flexibility index (Phi) is 8.79. The quantitative estimate of drug-likeness (QED) is 0.323. The molecule has 0 bridgehead atoms. The summed E-state index contributed by atoms with van der Waals surface area (Å²) in [6.45, 7) is 6.01. The molecule has 1 aromatic heterocycles. The molecule has 0 saturated heterocycles. The van der Waals surface area contributed by atoms with Gasteiger partial charge in [0.25, 0.3) is 5.56 Å². The number of benzene rings is 2. The molecule has 1 atom stereocenters. The molecule has 0 spiro atoms. The number of hydrogen-bond donors (Lipinski definition) is 0. The number of methoxy groups -OCH3 is 2. The third kappa shape index (κ3) is 5.32. The van der Waals surface area contributed by atoms with E-state index >= 15 is 0 Å². The maximum absolute atomic E-state index is 14.0. The number of carbonyl (C=O) groups is 1. The van der Waals surface area contributed by atoms with Crippen molar-refractivity contribution in [2.45, 2.75) is 26.8 Å². The number of rotatable bonds is 8. The fourth-order valence-corrected chi connectivity index (χ4v) is 6.67. The summed E-state index contributed by atoms with van der Waals surface area (Å²) in [4.78, 5) is 32.3. The molecule has 0 aliphatic carbocycles. The lowest BCUT2D eigenvalue weighted by molar-refractivity contribution is -0.139. The van der Waals surface area contributed by atoms with Crippen LogP contribution in [-0.2, 0) is 9.53 Å². The van der Waals surface area contributed by atoms with Crippen molar-refractivity contribution in [2.75, 3.05) is 27.4 Å². The SMILES string of the molecule is CCOC(=O)C1=C(C)N=c2s/c(=C\c3cc(Br)cc(Br)c3OCC)c(=O)n2[C@@H]1c1cc(OC)ccc1OC. The van der Waals surface area contributed by atoms with E-state index in [0.29, 0.717) is 44.4 Å². The summed E-state index contributed by atoms with van der Waals surface area (Å²) in [6, 6.07) is 8.19. The van der Waals surface area contributed by atoms with E-state index < -0.39 is 12.0 Å². The van der Waals surface area contributed by atoms with Crippen LogP contribution in [0.4, 0.5) is 0 Å². The molecule has 0 saturated carbocycles. The Labute approximate surface area is 240 Å². The first-order chi connectivity index (χ1) is 18.2. The summed E-state index contributed by atoms with van der Waals surface area (Å²) < 4.78 is 25.9. The maximum Gasteiger partial charge on any atom is 0.338 e. The third-order valence-corrected chi connectivity index (χ3v) is 7.89. The van der Waals surface area contributed by atoms with Crippen molar-refractivity contribution in [3.05, 3.63) is 81.4 Å². The lowest BCUT2D eigenvalue weighted by Gasteiger charge is -2.26. The van der Waals surface area contributed by atoms with Crippen molar-refractivity contribution in [3.8, 4) is 17.2 Å². The predicted octanol–water partition coefficient (Wildman–Crippen LogP) is 4.74. The van der Waals surface area contributed by atoms with Crippen molar-refractivity contribution in [2.24, 2.45) is 4.99 Å². The van der Waals surface area contributed by atoms with E-state index in [2.05, 4.69) is 36.9 Å². The van der Waals surface area contributed by atoms with Gasteiger partial charge in [-0.15, -0.1) is 0 Å². The highest BCUT2D eigenvalue weighted by molar-refractivity contribution is 9.11. The minimum atomic E-state index is -0.835. The average Bonchev–Trinajstić information content (AvgIpc) is 3.19. The smallest absolute Gasteiger partial charge is 0.338 e. The third-order valence-electron chi connectivity index (χ3n) is 5.86. The van der Waals surface area contributed by atoms with Crippen LogP contribution in [0.25, 0.3) is 6.08 Å². The molecule has 2 aromatic carbocycles. The van der Waals surface area contributed by atoms with Crippen LogP contribution in [0, 0.1) is 0 Å². The van der Waals surface area contributed by atoms with Gasteiger partial charge in [0.15, 0.2) is 4.80 Å². The summed E-state index contributed by atoms with van der Waals surface area (Å²) in [6.07, 6.45) is 1.77. The Morgan fingerprint density at radius 3 is 2.55 bits per heavy atom. The van der Waals surface area contributed by atoms with E-state index in [4.69, 9.17) is 18.9 Å². The van der Waals surface area contributed by atoms with Crippen LogP contribution < -0.4 is 29.1 Å². The Bertz CT molecular complexity index is 1610. The molecule has 4 rings (SSSR count). The molecule has 1 aliphatic heterocycles. The highest BCUT2D eigenvalue weighted by Crippen LogP contribution is 2.38. The van der Waals surface area contributed by atoms with E-state index in [1.165, 1.54) is 23.0 Å². The number of hydrogen-bond acceptors (Lipinski definition) is 8. The number of ether oxygens (including phenoxy) is 4. The van der Waals surface area contributed by atoms with Crippen LogP contribution in [0.5, 0.6) is 17.2 Å². The molecule has 38 heavy (non-hydrogen) atoms. The monoisotopic (exact) mass is 664 g/mol. The van der Waals surface area contributed by atoms with Gasteiger partial charge in [-0.1, -0.05) is 27.3 Å². The first-order valence-corrected chi connectivity index (χ1v) is 14.2. The van der Waals surface area contributed by atoms with Gasteiger partial charge < -0.3 is 18.9 Å². The molecule has 0 radical (unpaired) electrons. The van der Waals surface area contributed by atoms with Crippen molar-refractivity contribution >= 4 is 55.2 Å². The lowest BCUT2D eigenvalue weighted by Crippen LogP contribution is -2.40. The highest BCUT2D eigenvalue weighted by Gasteiger charge is 2.35. The van der Waals surface area contributed by atoms with Gasteiger partial charge in [0.2, 0.25) is 0 Å². The highest BCUT2D eigenvalue weighted by atomic mass is 79.9. The molecule has 0 amide bonds. The van der Waals surface area contributed by atoms with Gasteiger partial charge in [-0.3, -0.25) is 9.36 Å². The number of halogens is 2. The molecule has 0 N–H and O–H groups in total. The number of carbonyl (C=O) groups excluding carboxylic acids is 1. The van der Waals surface area contributed by atoms with Crippen LogP contribution in [0.1, 0.15) is 37.9 Å². The van der Waals surface area contributed by atoms with Crippen LogP contribution in [0.3, 0.4) is 0 Å². The van der Waals surface area contributed by atoms with Crippen molar-refractivity contribution in [1.29, 1.82) is 0 Å². The molecule has 3 aromatic rings. The van der Waals surface area contributed by atoms with E-state index in [0.717, 1.165) is 14.5 Å². The van der Waals surface area contributed by atoms with E-state index in [1.54, 1.807) is 45.2 Å². The van der Waals surface area contributed by atoms with Gasteiger partial charge in [-0.25, -0.2) is 9.79 Å². The number of esters is 1. The number of aromatic nitrogens is 1. The molecule has 0 fully saturated rings. The Morgan fingerprint density at radius 1 is 1.13 bits per heavy atom. The van der Waals surface area contributed by atoms with E-state index in [1.807, 2.05) is 19.1 Å². The van der Waals surface area contributed by atoms with E-state index in [-0.39, 0.29) is 17.7 Å². The van der Waals surface area contributed by atoms with Crippen molar-refractivity contribution in [3.63, 3.8) is 0 Å². The van der Waals surface area contributed by atoms with Crippen LogP contribution in [-0.4, -0.2) is 38.0 Å². The number of allylic oxidation sites excluding steroid dienone is 1. The average molecular weight is 666 g/mol. The van der Waals surface area contributed by atoms with Gasteiger partial charge in [0, 0.05) is 15.6 Å². The summed E-state index contributed by atoms with van der Waals surface area (Å²) >= 11 is 8.29. The second kappa shape index (κ2) is 11.9. The number of fused-ring (bicyclic) bond motifs is 1. The molecule has 200 valence electrons. The second-order valence-corrected chi connectivity index (χ2v) is 10.9. The normalized spacial score (nSPS) is 15.1. The Morgan fingerprint density at radius 2 is 1.89 bits per heavy atom. The Hall–Kier alpha value is -2.89. The zero-order valence-electron chi connectivity index (χ0n) is 21.5. The molecule has 11 heteroatoms. The fourth-order valence-electron chi connectivity index (χ4n) is 4.26. The Balaban J connectivity index is 2.03. The topological polar surface area (TPSA) is 88.4 Å². The molecule has 8 nitrogen and oxygen atoms in total. The summed E-state index contributed by atoms with van der Waals surface area (Å²) in [5.41, 5.74) is 1.72. The van der Waals surface area contributed by atoms with Gasteiger partial charge in [-0.05, 0) is 73.1 Å². The largest absolute Gasteiger partial charge is 0.497 e. The van der Waals surface area contributed by atoms with Crippen LogP contribution >= 0.6 is 43.2 Å². The maximum atomic E-state index is 14.0. The number of nitrogens with zero attached hydrogens (tertiary/aromatic N) is 2. The van der Waals surface area contributed by atoms with Gasteiger partial charge in [0.05, 0.1) is 47.7 Å². The van der Waals surface area contributed by atoms with Crippen LogP contribution in [0.2, 0.25) is 0 Å². The minimum absolute atomic E-state index is 0.181. The summed E-state index contributed by atoms with van der Waals surface area (Å²) in [7, 11) is 3.09. The first-order valence-electron chi connectivity index (χ1n) is 11.8. The number of thiazole rings is 1. The lowest BCUT2D eigenvalue weighted by atomic mass is 9.94. The standard InChI is InChI=1S/C27H26Br2N2O6S/c1-6-36-24-15(10-16(28)12-19(24)29)11-21-25(32)31-23(18-13-17(34-4)8-9-20(18)35-5)22(26(33)37-7-2)14(3)30-27(31)38-21/h8-13,23H,6-7H2,1-5H3/b21-11-/t23-/m1/s1. The zero-order chi connectivity index (χ0) is 27.6. The van der Waals surface area contributed by atoms with Crippen molar-refractivity contribution < 1.29 is 23.7 Å². The summed E-state index contributed by atoms with van der Waals surface area (Å²) in [5.74, 6) is 1.13. The van der Waals surface area contributed by atoms with Crippen LogP contribution in [0.15, 0.2) is 60.3 Å². The molecule has 1 aliphatic rings. The van der Waals surface area contributed by atoms with E-state index in [9.17, 15) is 9.59 Å². The zero-order valence-corrected chi connectivity index (χ0v) is 25.5. The van der Waals surface area contributed by atoms with Gasteiger partial charge >= 0.3 is 5.97 Å². The molecular formula is C27H26Br2N2O6S. The van der Waals surface area contributed by atoms with Crippen molar-refractivity contribution in [1.82, 2.24) is 4.57 Å². The van der Waals surface area contributed by atoms with Gasteiger partial charge in [0.1, 0.15) is 23.3 Å². The molecule has 0 unspecified atom stereocenters. The molecular weight excluding hydrogens is 640 g/mol. The minimum Gasteiger partial charge on any atom is -0.497 e. The predicted molar refractivity (Wildman–Crippen MR) is 153 cm³/mol. The van der Waals surface area contributed by atoms with Gasteiger partial charge in [-0.2, -0.15) is 0 Å². The second-order valence-electron chi connectivity index (χ2n) is 8.15.